The average molecular weight is 299 g/mol. The number of carbonyl (C=O) groups excluding carboxylic acids is 1. The Morgan fingerprint density at radius 3 is 2.71 bits per heavy atom. The summed E-state index contributed by atoms with van der Waals surface area (Å²) in [6, 6.07) is 13.5. The number of hydrogen-bond acceptors (Lipinski definition) is 4. The van der Waals surface area contributed by atoms with Crippen LogP contribution in [0.25, 0.3) is 0 Å². The molecule has 2 aromatic rings. The fourth-order valence-electron chi connectivity index (χ4n) is 1.97. The molecule has 0 spiro atoms. The number of hydrogen-bond donors (Lipinski definition) is 1. The Labute approximate surface area is 128 Å². The lowest BCUT2D eigenvalue weighted by Gasteiger charge is -2.15. The van der Waals surface area contributed by atoms with Gasteiger partial charge in [0.1, 0.15) is 0 Å². The zero-order chi connectivity index (χ0) is 15.1. The highest BCUT2D eigenvalue weighted by Gasteiger charge is 2.08. The summed E-state index contributed by atoms with van der Waals surface area (Å²) >= 11 is 1.69. The minimum atomic E-state index is -0.0397. The van der Waals surface area contributed by atoms with Crippen molar-refractivity contribution in [3.63, 3.8) is 0 Å². The van der Waals surface area contributed by atoms with E-state index in [-0.39, 0.29) is 5.91 Å². The van der Waals surface area contributed by atoms with E-state index >= 15 is 0 Å². The SMILES string of the molecule is CN(CC(=O)Nc1ccc(CC#N)cc1)Cc1cccs1. The number of likely N-dealkylation sites (N-methyl/N-ethyl adjacent to an activating group) is 1. The summed E-state index contributed by atoms with van der Waals surface area (Å²) < 4.78 is 0. The van der Waals surface area contributed by atoms with Crippen LogP contribution in [-0.4, -0.2) is 24.4 Å². The molecular formula is C16H17N3OS. The summed E-state index contributed by atoms with van der Waals surface area (Å²) in [6.07, 6.45) is 0.387. The van der Waals surface area contributed by atoms with E-state index in [1.165, 1.54) is 4.88 Å². The van der Waals surface area contributed by atoms with E-state index in [1.54, 1.807) is 11.3 Å². The van der Waals surface area contributed by atoms with Gasteiger partial charge in [-0.2, -0.15) is 5.26 Å². The Morgan fingerprint density at radius 2 is 2.10 bits per heavy atom. The van der Waals surface area contributed by atoms with Gasteiger partial charge in [0.15, 0.2) is 0 Å². The van der Waals surface area contributed by atoms with Gasteiger partial charge in [0, 0.05) is 17.1 Å². The van der Waals surface area contributed by atoms with Gasteiger partial charge in [-0.3, -0.25) is 9.69 Å². The first-order chi connectivity index (χ1) is 10.2. The summed E-state index contributed by atoms with van der Waals surface area (Å²) in [5, 5.41) is 13.5. The number of nitriles is 1. The number of nitrogens with one attached hydrogen (secondary N) is 1. The van der Waals surface area contributed by atoms with Crippen LogP contribution in [0.2, 0.25) is 0 Å². The molecule has 1 aromatic heterocycles. The van der Waals surface area contributed by atoms with Crippen LogP contribution >= 0.6 is 11.3 Å². The molecule has 1 amide bonds. The molecule has 0 unspecified atom stereocenters. The zero-order valence-electron chi connectivity index (χ0n) is 11.9. The van der Waals surface area contributed by atoms with Crippen LogP contribution in [0, 0.1) is 11.3 Å². The fraction of sp³-hybridized carbons (Fsp3) is 0.250. The molecule has 1 N–H and O–H groups in total. The van der Waals surface area contributed by atoms with Crippen molar-refractivity contribution in [2.24, 2.45) is 0 Å². The summed E-state index contributed by atoms with van der Waals surface area (Å²) in [5.41, 5.74) is 1.71. The first kappa shape index (κ1) is 15.2. The molecule has 1 heterocycles. The van der Waals surface area contributed by atoms with E-state index in [0.717, 1.165) is 17.8 Å². The van der Waals surface area contributed by atoms with Crippen LogP contribution in [0.5, 0.6) is 0 Å². The van der Waals surface area contributed by atoms with Crippen molar-refractivity contribution >= 4 is 22.9 Å². The fourth-order valence-corrected chi connectivity index (χ4v) is 2.75. The van der Waals surface area contributed by atoms with Crippen molar-refractivity contribution in [2.45, 2.75) is 13.0 Å². The second-order valence-corrected chi connectivity index (χ2v) is 5.86. The molecule has 4 nitrogen and oxygen atoms in total. The van der Waals surface area contributed by atoms with Gasteiger partial charge >= 0.3 is 0 Å². The smallest absolute Gasteiger partial charge is 0.238 e. The van der Waals surface area contributed by atoms with E-state index in [4.69, 9.17) is 5.26 Å². The Hall–Kier alpha value is -2.16. The van der Waals surface area contributed by atoms with Crippen LogP contribution in [0.15, 0.2) is 41.8 Å². The first-order valence-corrected chi connectivity index (χ1v) is 7.52. The van der Waals surface area contributed by atoms with Crippen molar-refractivity contribution in [1.82, 2.24) is 4.90 Å². The second-order valence-electron chi connectivity index (χ2n) is 4.83. The normalized spacial score (nSPS) is 10.3. The molecule has 0 saturated carbocycles. The molecule has 0 aliphatic rings. The molecule has 0 aliphatic carbocycles. The lowest BCUT2D eigenvalue weighted by atomic mass is 10.1. The van der Waals surface area contributed by atoms with Crippen molar-refractivity contribution < 1.29 is 4.79 Å². The molecule has 0 bridgehead atoms. The van der Waals surface area contributed by atoms with E-state index in [9.17, 15) is 4.79 Å². The van der Waals surface area contributed by atoms with E-state index in [0.29, 0.717) is 13.0 Å². The number of thiophene rings is 1. The Kier molecular flexibility index (Phi) is 5.50. The number of nitrogens with zero attached hydrogens (tertiary/aromatic N) is 2. The Balaban J connectivity index is 1.82. The number of rotatable bonds is 6. The van der Waals surface area contributed by atoms with E-state index in [2.05, 4.69) is 17.5 Å². The summed E-state index contributed by atoms with van der Waals surface area (Å²) in [4.78, 5) is 15.2. The molecule has 108 valence electrons. The molecule has 0 atom stereocenters. The quantitative estimate of drug-likeness (QED) is 0.892. The monoisotopic (exact) mass is 299 g/mol. The third-order valence-electron chi connectivity index (χ3n) is 2.94. The summed E-state index contributed by atoms with van der Waals surface area (Å²) in [5.74, 6) is -0.0397. The molecule has 1 aromatic carbocycles. The average Bonchev–Trinajstić information content (AvgIpc) is 2.93. The lowest BCUT2D eigenvalue weighted by Crippen LogP contribution is -2.29. The lowest BCUT2D eigenvalue weighted by molar-refractivity contribution is -0.117. The summed E-state index contributed by atoms with van der Waals surface area (Å²) in [7, 11) is 1.93. The maximum atomic E-state index is 12.0. The van der Waals surface area contributed by atoms with Gasteiger partial charge in [-0.25, -0.2) is 0 Å². The number of benzene rings is 1. The number of carbonyl (C=O) groups is 1. The van der Waals surface area contributed by atoms with Crippen LogP contribution < -0.4 is 5.32 Å². The van der Waals surface area contributed by atoms with Gasteiger partial charge in [0.05, 0.1) is 19.0 Å². The highest BCUT2D eigenvalue weighted by atomic mass is 32.1. The number of amides is 1. The molecule has 5 heteroatoms. The molecular weight excluding hydrogens is 282 g/mol. The Bertz CT molecular complexity index is 614. The predicted molar refractivity (Wildman–Crippen MR) is 85.0 cm³/mol. The Morgan fingerprint density at radius 1 is 1.33 bits per heavy atom. The van der Waals surface area contributed by atoms with Crippen LogP contribution in [0.1, 0.15) is 10.4 Å². The van der Waals surface area contributed by atoms with Gasteiger partial charge in [-0.05, 0) is 36.2 Å². The standard InChI is InChI=1S/C16H17N3OS/c1-19(11-15-3-2-10-21-15)12-16(20)18-14-6-4-13(5-7-14)8-9-17/h2-7,10H,8,11-12H2,1H3,(H,18,20). The minimum absolute atomic E-state index is 0.0397. The van der Waals surface area contributed by atoms with Crippen molar-refractivity contribution in [2.75, 3.05) is 18.9 Å². The van der Waals surface area contributed by atoms with Gasteiger partial charge in [-0.1, -0.05) is 18.2 Å². The third-order valence-corrected chi connectivity index (χ3v) is 3.80. The zero-order valence-corrected chi connectivity index (χ0v) is 12.7. The summed E-state index contributed by atoms with van der Waals surface area (Å²) in [6.45, 7) is 1.12. The highest BCUT2D eigenvalue weighted by Crippen LogP contribution is 2.12. The molecule has 2 rings (SSSR count). The maximum absolute atomic E-state index is 12.0. The topological polar surface area (TPSA) is 56.1 Å². The second kappa shape index (κ2) is 7.58. The molecule has 0 saturated heterocycles. The third kappa shape index (κ3) is 5.03. The van der Waals surface area contributed by atoms with E-state index < -0.39 is 0 Å². The largest absolute Gasteiger partial charge is 0.325 e. The van der Waals surface area contributed by atoms with Crippen molar-refractivity contribution in [1.29, 1.82) is 5.26 Å². The van der Waals surface area contributed by atoms with Gasteiger partial charge in [0.25, 0.3) is 0 Å². The first-order valence-electron chi connectivity index (χ1n) is 6.64. The van der Waals surface area contributed by atoms with Crippen molar-refractivity contribution in [3.05, 3.63) is 52.2 Å². The molecule has 21 heavy (non-hydrogen) atoms. The molecule has 0 fully saturated rings. The predicted octanol–water partition coefficient (Wildman–Crippen LogP) is 2.88. The minimum Gasteiger partial charge on any atom is -0.325 e. The van der Waals surface area contributed by atoms with Gasteiger partial charge < -0.3 is 5.32 Å². The number of anilines is 1. The maximum Gasteiger partial charge on any atom is 0.238 e. The van der Waals surface area contributed by atoms with Crippen LogP contribution in [0.4, 0.5) is 5.69 Å². The van der Waals surface area contributed by atoms with Crippen molar-refractivity contribution in [3.8, 4) is 6.07 Å². The highest BCUT2D eigenvalue weighted by molar-refractivity contribution is 7.09. The van der Waals surface area contributed by atoms with Crippen LogP contribution in [0.3, 0.4) is 0 Å². The molecule has 0 aliphatic heterocycles. The molecule has 0 radical (unpaired) electrons. The van der Waals surface area contributed by atoms with E-state index in [1.807, 2.05) is 47.7 Å². The van der Waals surface area contributed by atoms with Gasteiger partial charge in [-0.15, -0.1) is 11.3 Å². The van der Waals surface area contributed by atoms with Gasteiger partial charge in [0.2, 0.25) is 5.91 Å². The van der Waals surface area contributed by atoms with Crippen LogP contribution in [-0.2, 0) is 17.8 Å².